The molecule has 1 aromatic heterocycles. The molecule has 0 saturated heterocycles. The lowest BCUT2D eigenvalue weighted by Crippen LogP contribution is -2.06. The van der Waals surface area contributed by atoms with Crippen molar-refractivity contribution in [3.63, 3.8) is 0 Å². The van der Waals surface area contributed by atoms with Crippen LogP contribution in [0.15, 0.2) is 50.1 Å². The second-order valence-electron chi connectivity index (χ2n) is 5.86. The summed E-state index contributed by atoms with van der Waals surface area (Å²) < 4.78 is 6.35. The fourth-order valence-electron chi connectivity index (χ4n) is 2.58. The average Bonchev–Trinajstić information content (AvgIpc) is 2.48. The summed E-state index contributed by atoms with van der Waals surface area (Å²) >= 11 is 3.56. The fourth-order valence-corrected chi connectivity index (χ4v) is 3.22. The lowest BCUT2D eigenvalue weighted by atomic mass is 10.0. The third-order valence-electron chi connectivity index (χ3n) is 4.04. The largest absolute Gasteiger partial charge is 0.423 e. The Morgan fingerprint density at radius 3 is 2.52 bits per heavy atom. The predicted molar refractivity (Wildman–Crippen MR) is 98.2 cm³/mol. The van der Waals surface area contributed by atoms with Crippen LogP contribution in [0.4, 0.5) is 5.69 Å². The predicted octanol–water partition coefficient (Wildman–Crippen LogP) is 5.09. The number of benzene rings is 2. The first-order valence-electron chi connectivity index (χ1n) is 7.48. The number of aryl methyl sites for hydroxylation is 3. The van der Waals surface area contributed by atoms with Crippen LogP contribution in [-0.2, 0) is 6.54 Å². The summed E-state index contributed by atoms with van der Waals surface area (Å²) in [7, 11) is 0. The minimum Gasteiger partial charge on any atom is -0.423 e. The Bertz CT molecular complexity index is 944. The molecule has 0 spiro atoms. The van der Waals surface area contributed by atoms with Crippen molar-refractivity contribution in [2.45, 2.75) is 27.3 Å². The molecule has 23 heavy (non-hydrogen) atoms. The van der Waals surface area contributed by atoms with Crippen LogP contribution in [0.5, 0.6) is 0 Å². The monoisotopic (exact) mass is 371 g/mol. The third-order valence-corrected chi connectivity index (χ3v) is 4.69. The third kappa shape index (κ3) is 3.32. The van der Waals surface area contributed by atoms with Gasteiger partial charge in [-0.05, 0) is 83.2 Å². The Morgan fingerprint density at radius 2 is 1.78 bits per heavy atom. The number of hydrogen-bond donors (Lipinski definition) is 1. The SMILES string of the molecule is Cc1ccc(NCc2cc(=O)oc3cc(C)c(C)cc23)c(Br)c1. The zero-order valence-electron chi connectivity index (χ0n) is 13.4. The maximum absolute atomic E-state index is 11.8. The highest BCUT2D eigenvalue weighted by Crippen LogP contribution is 2.26. The molecule has 2 aromatic carbocycles. The number of rotatable bonds is 3. The maximum Gasteiger partial charge on any atom is 0.336 e. The van der Waals surface area contributed by atoms with Crippen molar-refractivity contribution in [3.05, 3.63) is 73.5 Å². The van der Waals surface area contributed by atoms with Gasteiger partial charge in [0.05, 0.1) is 0 Å². The molecule has 0 radical (unpaired) electrons. The molecule has 0 amide bonds. The lowest BCUT2D eigenvalue weighted by molar-refractivity contribution is 0.559. The Kier molecular flexibility index (Phi) is 4.26. The van der Waals surface area contributed by atoms with E-state index in [2.05, 4.69) is 53.3 Å². The van der Waals surface area contributed by atoms with Crippen LogP contribution in [0, 0.1) is 20.8 Å². The second kappa shape index (κ2) is 6.20. The van der Waals surface area contributed by atoms with Gasteiger partial charge in [-0.1, -0.05) is 6.07 Å². The molecule has 1 N–H and O–H groups in total. The first-order chi connectivity index (χ1) is 10.9. The molecule has 3 rings (SSSR count). The van der Waals surface area contributed by atoms with Crippen LogP contribution in [0.3, 0.4) is 0 Å². The van der Waals surface area contributed by atoms with Gasteiger partial charge in [-0.15, -0.1) is 0 Å². The van der Waals surface area contributed by atoms with E-state index in [1.807, 2.05) is 19.1 Å². The summed E-state index contributed by atoms with van der Waals surface area (Å²) in [5.41, 5.74) is 5.75. The average molecular weight is 372 g/mol. The van der Waals surface area contributed by atoms with Crippen LogP contribution < -0.4 is 10.9 Å². The van der Waals surface area contributed by atoms with E-state index in [9.17, 15) is 4.79 Å². The normalized spacial score (nSPS) is 11.0. The first kappa shape index (κ1) is 15.8. The molecule has 118 valence electrons. The van der Waals surface area contributed by atoms with E-state index in [1.165, 1.54) is 11.1 Å². The zero-order valence-corrected chi connectivity index (χ0v) is 15.0. The van der Waals surface area contributed by atoms with Crippen LogP contribution in [0.25, 0.3) is 11.0 Å². The molecule has 0 aliphatic rings. The summed E-state index contributed by atoms with van der Waals surface area (Å²) in [5, 5.41) is 4.36. The highest BCUT2D eigenvalue weighted by atomic mass is 79.9. The van der Waals surface area contributed by atoms with E-state index < -0.39 is 0 Å². The van der Waals surface area contributed by atoms with Crippen LogP contribution in [0.1, 0.15) is 22.3 Å². The lowest BCUT2D eigenvalue weighted by Gasteiger charge is -2.12. The molecular weight excluding hydrogens is 354 g/mol. The van der Waals surface area contributed by atoms with Crippen molar-refractivity contribution in [1.82, 2.24) is 0 Å². The van der Waals surface area contributed by atoms with Crippen LogP contribution in [-0.4, -0.2) is 0 Å². The molecule has 0 bridgehead atoms. The van der Waals surface area contributed by atoms with Crippen molar-refractivity contribution in [2.24, 2.45) is 0 Å². The van der Waals surface area contributed by atoms with Crippen LogP contribution >= 0.6 is 15.9 Å². The molecule has 0 aliphatic carbocycles. The minimum absolute atomic E-state index is 0.319. The van der Waals surface area contributed by atoms with Gasteiger partial charge in [0.1, 0.15) is 5.58 Å². The van der Waals surface area contributed by atoms with Gasteiger partial charge >= 0.3 is 5.63 Å². The maximum atomic E-state index is 11.8. The zero-order chi connectivity index (χ0) is 16.6. The molecule has 0 atom stereocenters. The smallest absolute Gasteiger partial charge is 0.336 e. The van der Waals surface area contributed by atoms with E-state index in [0.29, 0.717) is 12.1 Å². The Balaban J connectivity index is 1.99. The van der Waals surface area contributed by atoms with E-state index in [-0.39, 0.29) is 5.63 Å². The van der Waals surface area contributed by atoms with E-state index >= 15 is 0 Å². The van der Waals surface area contributed by atoms with E-state index in [1.54, 1.807) is 6.07 Å². The first-order valence-corrected chi connectivity index (χ1v) is 8.27. The van der Waals surface area contributed by atoms with Crippen molar-refractivity contribution < 1.29 is 4.42 Å². The summed E-state index contributed by atoms with van der Waals surface area (Å²) in [4.78, 5) is 11.8. The molecule has 1 heterocycles. The molecule has 0 saturated carbocycles. The summed E-state index contributed by atoms with van der Waals surface area (Å²) in [5.74, 6) is 0. The standard InChI is InChI=1S/C19H18BrNO2/c1-11-4-5-17(16(20)6-11)21-10-14-9-19(22)23-18-8-13(3)12(2)7-15(14)18/h4-9,21H,10H2,1-3H3. The van der Waals surface area contributed by atoms with E-state index in [4.69, 9.17) is 4.42 Å². The fraction of sp³-hybridized carbons (Fsp3) is 0.211. The highest BCUT2D eigenvalue weighted by molar-refractivity contribution is 9.10. The Morgan fingerprint density at radius 1 is 1.04 bits per heavy atom. The highest BCUT2D eigenvalue weighted by Gasteiger charge is 2.08. The number of halogens is 1. The Hall–Kier alpha value is -2.07. The molecule has 0 aliphatic heterocycles. The van der Waals surface area contributed by atoms with Crippen molar-refractivity contribution in [2.75, 3.05) is 5.32 Å². The number of hydrogen-bond acceptors (Lipinski definition) is 3. The van der Waals surface area contributed by atoms with Crippen molar-refractivity contribution >= 4 is 32.6 Å². The quantitative estimate of drug-likeness (QED) is 0.651. The van der Waals surface area contributed by atoms with Crippen LogP contribution in [0.2, 0.25) is 0 Å². The molecule has 4 heteroatoms. The molecule has 0 unspecified atom stereocenters. The van der Waals surface area contributed by atoms with Crippen molar-refractivity contribution in [3.8, 4) is 0 Å². The van der Waals surface area contributed by atoms with Gasteiger partial charge in [0.25, 0.3) is 0 Å². The van der Waals surface area contributed by atoms with Crippen molar-refractivity contribution in [1.29, 1.82) is 0 Å². The minimum atomic E-state index is -0.319. The summed E-state index contributed by atoms with van der Waals surface area (Å²) in [6.45, 7) is 6.69. The van der Waals surface area contributed by atoms with Gasteiger partial charge in [-0.2, -0.15) is 0 Å². The number of fused-ring (bicyclic) bond motifs is 1. The molecule has 3 nitrogen and oxygen atoms in total. The van der Waals surface area contributed by atoms with Gasteiger partial charge in [0.15, 0.2) is 0 Å². The molecular formula is C19H18BrNO2. The van der Waals surface area contributed by atoms with Gasteiger partial charge < -0.3 is 9.73 Å². The summed E-state index contributed by atoms with van der Waals surface area (Å²) in [6, 6.07) is 11.7. The topological polar surface area (TPSA) is 42.2 Å². The summed E-state index contributed by atoms with van der Waals surface area (Å²) in [6.07, 6.45) is 0. The van der Waals surface area contributed by atoms with Gasteiger partial charge in [-0.25, -0.2) is 4.79 Å². The van der Waals surface area contributed by atoms with Gasteiger partial charge in [0.2, 0.25) is 0 Å². The van der Waals surface area contributed by atoms with Gasteiger partial charge in [0, 0.05) is 28.2 Å². The number of anilines is 1. The molecule has 0 fully saturated rings. The van der Waals surface area contributed by atoms with Gasteiger partial charge in [-0.3, -0.25) is 0 Å². The van der Waals surface area contributed by atoms with E-state index in [0.717, 1.165) is 26.7 Å². The molecule has 3 aromatic rings. The second-order valence-corrected chi connectivity index (χ2v) is 6.71. The Labute approximate surface area is 143 Å². The number of nitrogens with one attached hydrogen (secondary N) is 1.